The summed E-state index contributed by atoms with van der Waals surface area (Å²) >= 11 is 3.46. The van der Waals surface area contributed by atoms with Gasteiger partial charge in [0.1, 0.15) is 17.4 Å². The summed E-state index contributed by atoms with van der Waals surface area (Å²) in [4.78, 5) is 24.3. The van der Waals surface area contributed by atoms with E-state index in [2.05, 4.69) is 34.7 Å². The van der Waals surface area contributed by atoms with Crippen LogP contribution in [0, 0.1) is 11.3 Å². The van der Waals surface area contributed by atoms with Gasteiger partial charge in [-0.15, -0.1) is 6.58 Å². The predicted octanol–water partition coefficient (Wildman–Crippen LogP) is 4.60. The Hall–Kier alpha value is -3.57. The summed E-state index contributed by atoms with van der Waals surface area (Å²) in [6.07, 6.45) is 4.93. The molecule has 0 fully saturated rings. The molecule has 172 valence electrons. The van der Waals surface area contributed by atoms with E-state index in [-0.39, 0.29) is 30.2 Å². The molecule has 2 aromatic rings. The first-order chi connectivity index (χ1) is 15.9. The summed E-state index contributed by atoms with van der Waals surface area (Å²) in [5, 5.41) is 11.8. The van der Waals surface area contributed by atoms with E-state index in [0.29, 0.717) is 11.3 Å². The van der Waals surface area contributed by atoms with Gasteiger partial charge >= 0.3 is 5.97 Å². The monoisotopic (exact) mass is 512 g/mol. The number of methoxy groups -OCH3 is 1. The average molecular weight is 513 g/mol. The standard InChI is InChI=1S/C25H25BrN2O5/c1-4-6-17-7-9-21(20(26)13-17)32-16-24(29)33-22-10-8-18(14-23(22)31-3)12-19(15-27)25(30)28-11-5-2/h5,7-10,12-14H,2,4,6,11,16H2,1,3H3,(H,28,30)/b19-12+. The number of carbonyl (C=O) groups excluding carboxylic acids is 2. The van der Waals surface area contributed by atoms with Gasteiger partial charge < -0.3 is 19.5 Å². The number of benzene rings is 2. The summed E-state index contributed by atoms with van der Waals surface area (Å²) in [6.45, 7) is 5.58. The van der Waals surface area contributed by atoms with Gasteiger partial charge in [-0.1, -0.05) is 31.6 Å². The minimum absolute atomic E-state index is 0.0763. The quantitative estimate of drug-likeness (QED) is 0.155. The highest BCUT2D eigenvalue weighted by atomic mass is 79.9. The third-order valence-electron chi connectivity index (χ3n) is 4.38. The molecule has 0 bridgehead atoms. The Morgan fingerprint density at radius 2 is 1.94 bits per heavy atom. The van der Waals surface area contributed by atoms with Gasteiger partial charge in [0.25, 0.3) is 5.91 Å². The fraction of sp³-hybridized carbons (Fsp3) is 0.240. The molecule has 0 aliphatic rings. The van der Waals surface area contributed by atoms with Crippen molar-refractivity contribution in [2.24, 2.45) is 0 Å². The van der Waals surface area contributed by atoms with Crippen LogP contribution in [0.2, 0.25) is 0 Å². The predicted molar refractivity (Wildman–Crippen MR) is 129 cm³/mol. The molecule has 0 aromatic heterocycles. The molecule has 0 radical (unpaired) electrons. The molecule has 0 saturated heterocycles. The number of halogens is 1. The third-order valence-corrected chi connectivity index (χ3v) is 4.99. The Labute approximate surface area is 201 Å². The molecule has 2 rings (SSSR count). The van der Waals surface area contributed by atoms with E-state index in [1.54, 1.807) is 12.1 Å². The van der Waals surface area contributed by atoms with Gasteiger partial charge in [0.15, 0.2) is 18.1 Å². The first kappa shape index (κ1) is 25.7. The summed E-state index contributed by atoms with van der Waals surface area (Å²) < 4.78 is 17.0. The van der Waals surface area contributed by atoms with Crippen molar-refractivity contribution in [1.82, 2.24) is 5.32 Å². The number of carbonyl (C=O) groups is 2. The fourth-order valence-electron chi connectivity index (χ4n) is 2.83. The van der Waals surface area contributed by atoms with Crippen LogP contribution in [0.25, 0.3) is 6.08 Å². The zero-order valence-corrected chi connectivity index (χ0v) is 20.1. The molecule has 33 heavy (non-hydrogen) atoms. The maximum atomic E-state index is 12.3. The van der Waals surface area contributed by atoms with Crippen molar-refractivity contribution in [1.29, 1.82) is 5.26 Å². The second kappa shape index (κ2) is 13.1. The van der Waals surface area contributed by atoms with Crippen molar-refractivity contribution in [2.75, 3.05) is 20.3 Å². The molecule has 0 aliphatic carbocycles. The largest absolute Gasteiger partial charge is 0.493 e. The number of rotatable bonds is 11. The second-order valence-electron chi connectivity index (χ2n) is 6.86. The van der Waals surface area contributed by atoms with Crippen LogP contribution in [0.5, 0.6) is 17.2 Å². The molecule has 7 nitrogen and oxygen atoms in total. The summed E-state index contributed by atoms with van der Waals surface area (Å²) in [5.74, 6) is -0.125. The van der Waals surface area contributed by atoms with Crippen molar-refractivity contribution in [3.63, 3.8) is 0 Å². The number of nitrogens with one attached hydrogen (secondary N) is 1. The number of hydrogen-bond donors (Lipinski definition) is 1. The zero-order chi connectivity index (χ0) is 24.2. The molecular weight excluding hydrogens is 488 g/mol. The van der Waals surface area contributed by atoms with Gasteiger partial charge in [-0.05, 0) is 63.8 Å². The number of aryl methyl sites for hydroxylation is 1. The summed E-state index contributed by atoms with van der Waals surface area (Å²) in [7, 11) is 1.42. The van der Waals surface area contributed by atoms with Crippen LogP contribution in [0.4, 0.5) is 0 Å². The lowest BCUT2D eigenvalue weighted by Gasteiger charge is -2.12. The minimum atomic E-state index is -0.609. The van der Waals surface area contributed by atoms with Gasteiger partial charge in [-0.3, -0.25) is 4.79 Å². The van der Waals surface area contributed by atoms with Gasteiger partial charge in [-0.2, -0.15) is 5.26 Å². The molecule has 0 aliphatic heterocycles. The molecule has 0 saturated carbocycles. The molecule has 0 unspecified atom stereocenters. The zero-order valence-electron chi connectivity index (χ0n) is 18.5. The number of amides is 1. The van der Waals surface area contributed by atoms with Crippen LogP contribution in [0.1, 0.15) is 24.5 Å². The van der Waals surface area contributed by atoms with E-state index in [4.69, 9.17) is 14.2 Å². The van der Waals surface area contributed by atoms with Gasteiger partial charge in [0.05, 0.1) is 11.6 Å². The van der Waals surface area contributed by atoms with Crippen LogP contribution < -0.4 is 19.5 Å². The minimum Gasteiger partial charge on any atom is -0.493 e. The van der Waals surface area contributed by atoms with Crippen molar-refractivity contribution in [2.45, 2.75) is 19.8 Å². The van der Waals surface area contributed by atoms with Crippen LogP contribution in [0.15, 0.2) is 59.1 Å². The topological polar surface area (TPSA) is 97.7 Å². The molecule has 0 spiro atoms. The first-order valence-corrected chi connectivity index (χ1v) is 11.0. The number of nitriles is 1. The van der Waals surface area contributed by atoms with Crippen LogP contribution in [-0.2, 0) is 16.0 Å². The van der Waals surface area contributed by atoms with Crippen molar-refractivity contribution < 1.29 is 23.8 Å². The summed E-state index contributed by atoms with van der Waals surface area (Å²) in [6, 6.07) is 12.3. The van der Waals surface area contributed by atoms with Crippen molar-refractivity contribution in [3.8, 4) is 23.3 Å². The van der Waals surface area contributed by atoms with E-state index < -0.39 is 11.9 Å². The highest BCUT2D eigenvalue weighted by Crippen LogP contribution is 2.30. The van der Waals surface area contributed by atoms with E-state index in [0.717, 1.165) is 17.3 Å². The van der Waals surface area contributed by atoms with Crippen LogP contribution >= 0.6 is 15.9 Å². The Bertz CT molecular complexity index is 1090. The molecule has 8 heteroatoms. The van der Waals surface area contributed by atoms with Crippen molar-refractivity contribution >= 4 is 33.9 Å². The molecule has 0 heterocycles. The van der Waals surface area contributed by atoms with Crippen molar-refractivity contribution in [3.05, 3.63) is 70.2 Å². The smallest absolute Gasteiger partial charge is 0.349 e. The number of nitrogens with zero attached hydrogens (tertiary/aromatic N) is 1. The molecule has 2 aromatic carbocycles. The molecule has 1 amide bonds. The van der Waals surface area contributed by atoms with E-state index in [9.17, 15) is 14.9 Å². The lowest BCUT2D eigenvalue weighted by Crippen LogP contribution is -2.24. The third kappa shape index (κ3) is 7.81. The maximum absolute atomic E-state index is 12.3. The van der Waals surface area contributed by atoms with Gasteiger partial charge in [-0.25, -0.2) is 4.79 Å². The SMILES string of the molecule is C=CCNC(=O)/C(C#N)=C/c1ccc(OC(=O)COc2ccc(CCC)cc2Br)c(OC)c1. The fourth-order valence-corrected chi connectivity index (χ4v) is 3.37. The van der Waals surface area contributed by atoms with E-state index in [1.165, 1.54) is 30.9 Å². The number of ether oxygens (including phenoxy) is 3. The lowest BCUT2D eigenvalue weighted by molar-refractivity contribution is -0.136. The number of esters is 1. The highest BCUT2D eigenvalue weighted by Gasteiger charge is 2.14. The maximum Gasteiger partial charge on any atom is 0.349 e. The molecule has 0 atom stereocenters. The Morgan fingerprint density at radius 3 is 2.58 bits per heavy atom. The Kier molecular flexibility index (Phi) is 10.2. The van der Waals surface area contributed by atoms with Gasteiger partial charge in [0.2, 0.25) is 0 Å². The molecule has 1 N–H and O–H groups in total. The molecular formula is C25H25BrN2O5. The van der Waals surface area contributed by atoms with Gasteiger partial charge in [0, 0.05) is 6.54 Å². The lowest BCUT2D eigenvalue weighted by atomic mass is 10.1. The second-order valence-corrected chi connectivity index (χ2v) is 7.71. The Balaban J connectivity index is 2.06. The highest BCUT2D eigenvalue weighted by molar-refractivity contribution is 9.10. The Morgan fingerprint density at radius 1 is 1.18 bits per heavy atom. The van der Waals surface area contributed by atoms with Crippen LogP contribution in [0.3, 0.4) is 0 Å². The summed E-state index contributed by atoms with van der Waals surface area (Å²) in [5.41, 5.74) is 1.63. The number of hydrogen-bond acceptors (Lipinski definition) is 6. The van der Waals surface area contributed by atoms with E-state index in [1.807, 2.05) is 24.3 Å². The average Bonchev–Trinajstić information content (AvgIpc) is 2.81. The normalized spacial score (nSPS) is 10.7. The van der Waals surface area contributed by atoms with Crippen LogP contribution in [-0.4, -0.2) is 32.1 Å². The van der Waals surface area contributed by atoms with E-state index >= 15 is 0 Å². The first-order valence-electron chi connectivity index (χ1n) is 10.2.